The molecule has 3 heteroatoms. The molecule has 23 heavy (non-hydrogen) atoms. The summed E-state index contributed by atoms with van der Waals surface area (Å²) in [6.07, 6.45) is 12.3. The zero-order valence-corrected chi connectivity index (χ0v) is 19.4. The molecule has 1 aliphatic heterocycles. The Hall–Kier alpha value is 0.423. The standard InChI is InChI=1S/2C9H13.C2H4.2ClH.Zr/c2*1-9(2,3)8-6-4-5-7-8;1-2;;;/h2*4,6H,5H2,1-3H3;1-2H2;2*1H;/q;;;;;+2/p-2. The average Bonchev–Trinajstić information content (AvgIpc) is 2.82. The van der Waals surface area contributed by atoms with Crippen molar-refractivity contribution in [1.82, 2.24) is 0 Å². The van der Waals surface area contributed by atoms with Gasteiger partial charge in [-0.1, -0.05) is 0 Å². The summed E-state index contributed by atoms with van der Waals surface area (Å²) in [4.78, 5) is 0. The van der Waals surface area contributed by atoms with Crippen molar-refractivity contribution < 1.29 is 45.1 Å². The third kappa shape index (κ3) is 3.83. The number of hydrogen-bond acceptors (Lipinski definition) is 0. The Labute approximate surface area is 159 Å². The van der Waals surface area contributed by atoms with E-state index in [0.717, 1.165) is 0 Å². The molecular weight excluding hydrogens is 402 g/mol. The first-order chi connectivity index (χ1) is 9.66. The molecule has 3 aliphatic rings. The van der Waals surface area contributed by atoms with Crippen molar-refractivity contribution in [3.05, 3.63) is 42.0 Å². The van der Waals surface area contributed by atoms with Gasteiger partial charge in [0.05, 0.1) is 0 Å². The molecule has 0 aromatic carbocycles. The minimum atomic E-state index is -2.17. The minimum Gasteiger partial charge on any atom is -1.00 e. The molecule has 0 nitrogen and oxygen atoms in total. The molecule has 3 rings (SSSR count). The van der Waals surface area contributed by atoms with Gasteiger partial charge in [-0.25, -0.2) is 0 Å². The van der Waals surface area contributed by atoms with Crippen molar-refractivity contribution in [1.29, 1.82) is 0 Å². The second-order valence-corrected chi connectivity index (χ2v) is 19.8. The van der Waals surface area contributed by atoms with Gasteiger partial charge in [-0.15, -0.1) is 0 Å². The summed E-state index contributed by atoms with van der Waals surface area (Å²) in [6.45, 7) is 14.4. The third-order valence-corrected chi connectivity index (χ3v) is 17.1. The quantitative estimate of drug-likeness (QED) is 0.597. The molecule has 0 radical (unpaired) electrons. The Morgan fingerprint density at radius 3 is 1.30 bits per heavy atom. The first-order valence-electron chi connectivity index (χ1n) is 8.47. The second-order valence-electron chi connectivity index (χ2n) is 9.08. The summed E-state index contributed by atoms with van der Waals surface area (Å²) in [5.41, 5.74) is 4.04. The molecule has 0 amide bonds. The van der Waals surface area contributed by atoms with E-state index in [1.54, 1.807) is 19.4 Å². The Bertz CT molecular complexity index is 538. The maximum Gasteiger partial charge on any atom is -1.00 e. The molecule has 0 aromatic heterocycles. The van der Waals surface area contributed by atoms with Crippen LogP contribution in [0.3, 0.4) is 0 Å². The van der Waals surface area contributed by atoms with E-state index in [9.17, 15) is 0 Å². The van der Waals surface area contributed by atoms with Crippen LogP contribution >= 0.6 is 0 Å². The van der Waals surface area contributed by atoms with E-state index >= 15 is 0 Å². The Morgan fingerprint density at radius 1 is 0.696 bits per heavy atom. The summed E-state index contributed by atoms with van der Waals surface area (Å²) < 4.78 is 7.03. The van der Waals surface area contributed by atoms with E-state index in [1.807, 2.05) is 6.56 Å². The van der Waals surface area contributed by atoms with Gasteiger partial charge in [-0.05, 0) is 0 Å². The summed E-state index contributed by atoms with van der Waals surface area (Å²) in [5, 5.41) is 0. The second kappa shape index (κ2) is 6.97. The van der Waals surface area contributed by atoms with Crippen LogP contribution in [0.2, 0.25) is 8.26 Å². The van der Waals surface area contributed by atoms with Gasteiger partial charge < -0.3 is 24.8 Å². The van der Waals surface area contributed by atoms with Crippen LogP contribution in [-0.4, -0.2) is 0 Å². The molecule has 0 saturated carbocycles. The normalized spacial score (nSPS) is 21.0. The van der Waals surface area contributed by atoms with Gasteiger partial charge in [0.25, 0.3) is 0 Å². The molecule has 0 spiro atoms. The predicted molar refractivity (Wildman–Crippen MR) is 90.1 cm³/mol. The van der Waals surface area contributed by atoms with Crippen LogP contribution in [0.25, 0.3) is 0 Å². The molecule has 1 fully saturated rings. The van der Waals surface area contributed by atoms with Gasteiger partial charge in [-0.3, -0.25) is 0 Å². The largest absolute Gasteiger partial charge is 1.00 e. The molecule has 128 valence electrons. The van der Waals surface area contributed by atoms with Crippen LogP contribution in [0.1, 0.15) is 54.4 Å². The first-order valence-corrected chi connectivity index (χ1v) is 14.4. The van der Waals surface area contributed by atoms with E-state index in [4.69, 9.17) is 0 Å². The molecule has 1 saturated heterocycles. The van der Waals surface area contributed by atoms with E-state index < -0.39 is 20.3 Å². The minimum absolute atomic E-state index is 0. The van der Waals surface area contributed by atoms with Crippen LogP contribution in [0.15, 0.2) is 42.0 Å². The maximum atomic E-state index is 2.45. The van der Waals surface area contributed by atoms with Crippen LogP contribution in [0.5, 0.6) is 0 Å². The Morgan fingerprint density at radius 2 is 1.04 bits per heavy atom. The van der Waals surface area contributed by atoms with Gasteiger partial charge in [0, 0.05) is 0 Å². The van der Waals surface area contributed by atoms with Crippen LogP contribution < -0.4 is 24.8 Å². The molecule has 1 heterocycles. The van der Waals surface area contributed by atoms with Crippen molar-refractivity contribution in [2.45, 2.75) is 62.6 Å². The van der Waals surface area contributed by atoms with E-state index in [1.165, 1.54) is 12.8 Å². The van der Waals surface area contributed by atoms with Crippen molar-refractivity contribution in [3.63, 3.8) is 0 Å². The van der Waals surface area contributed by atoms with Crippen molar-refractivity contribution in [2.24, 2.45) is 10.8 Å². The summed E-state index contributed by atoms with van der Waals surface area (Å²) >= 11 is -2.17. The Kier molecular flexibility index (Phi) is 6.51. The first kappa shape index (κ1) is 21.5. The van der Waals surface area contributed by atoms with Gasteiger partial charge in [-0.2, -0.15) is 0 Å². The monoisotopic (exact) mass is 430 g/mol. The number of rotatable bonds is 2. The predicted octanol–water partition coefficient (Wildman–Crippen LogP) is 0.519. The summed E-state index contributed by atoms with van der Waals surface area (Å²) in [7, 11) is 0. The van der Waals surface area contributed by atoms with Crippen LogP contribution in [-0.2, 0) is 20.3 Å². The summed E-state index contributed by atoms with van der Waals surface area (Å²) in [6, 6.07) is 0. The van der Waals surface area contributed by atoms with E-state index in [2.05, 4.69) is 65.8 Å². The molecular formula is C20H30Cl2Zr. The maximum absolute atomic E-state index is 2.45. The fourth-order valence-electron chi connectivity index (χ4n) is 4.23. The topological polar surface area (TPSA) is 0 Å². The summed E-state index contributed by atoms with van der Waals surface area (Å²) in [5.74, 6) is 0. The molecule has 2 aliphatic carbocycles. The Balaban J connectivity index is 0.00000132. The number of allylic oxidation sites excluding steroid dienone is 8. The smallest absolute Gasteiger partial charge is 1.00 e. The zero-order valence-electron chi connectivity index (χ0n) is 15.4. The van der Waals surface area contributed by atoms with Gasteiger partial charge in [0.15, 0.2) is 0 Å². The molecule has 0 atom stereocenters. The van der Waals surface area contributed by atoms with Gasteiger partial charge in [0.1, 0.15) is 0 Å². The van der Waals surface area contributed by atoms with Crippen molar-refractivity contribution >= 4 is 0 Å². The molecule has 0 bridgehead atoms. The molecule has 0 N–H and O–H groups in total. The fourth-order valence-corrected chi connectivity index (χ4v) is 19.6. The van der Waals surface area contributed by atoms with E-state index in [0.29, 0.717) is 10.8 Å². The fraction of sp³-hybridized carbons (Fsp3) is 0.600. The van der Waals surface area contributed by atoms with Crippen LogP contribution in [0.4, 0.5) is 0 Å². The molecule has 0 aromatic rings. The third-order valence-electron chi connectivity index (χ3n) is 5.38. The SMILES string of the molecule is CC(C)(C)C1=[C]([Zr+2]2([C]3=C(C(C)(C)C)C=CC3)[CH2][CH2]2)CC=C1.[Cl-].[Cl-]. The molecule has 0 unspecified atom stereocenters. The van der Waals surface area contributed by atoms with Gasteiger partial charge >= 0.3 is 136 Å². The number of halogens is 2. The number of hydrogen-bond donors (Lipinski definition) is 0. The van der Waals surface area contributed by atoms with E-state index in [-0.39, 0.29) is 24.8 Å². The average molecular weight is 433 g/mol. The van der Waals surface area contributed by atoms with Crippen molar-refractivity contribution in [3.8, 4) is 0 Å². The van der Waals surface area contributed by atoms with Crippen LogP contribution in [0, 0.1) is 10.8 Å². The zero-order chi connectivity index (χ0) is 15.5. The van der Waals surface area contributed by atoms with Crippen molar-refractivity contribution in [2.75, 3.05) is 0 Å². The van der Waals surface area contributed by atoms with Gasteiger partial charge in [0.2, 0.25) is 0 Å².